The van der Waals surface area contributed by atoms with Crippen molar-refractivity contribution in [1.82, 2.24) is 9.88 Å². The summed E-state index contributed by atoms with van der Waals surface area (Å²) in [4.78, 5) is 9.51. The van der Waals surface area contributed by atoms with E-state index in [2.05, 4.69) is 118 Å². The van der Waals surface area contributed by atoms with Gasteiger partial charge in [0.2, 0.25) is 0 Å². The fourth-order valence-electron chi connectivity index (χ4n) is 5.69. The van der Waals surface area contributed by atoms with Crippen LogP contribution < -0.4 is 9.64 Å². The highest BCUT2D eigenvalue weighted by molar-refractivity contribution is 7.21. The third-order valence-corrected chi connectivity index (χ3v) is 10.1. The Morgan fingerprint density at radius 2 is 1.68 bits per heavy atom. The molecule has 3 aromatic heterocycles. The average molecular weight is 576 g/mol. The van der Waals surface area contributed by atoms with Crippen molar-refractivity contribution in [2.45, 2.75) is 40.0 Å². The lowest BCUT2D eigenvalue weighted by atomic mass is 9.86. The largest absolute Gasteiger partial charge is 0.447 e. The van der Waals surface area contributed by atoms with Crippen LogP contribution in [0.4, 0.5) is 5.69 Å². The van der Waals surface area contributed by atoms with E-state index in [1.165, 1.54) is 53.5 Å². The number of benzene rings is 3. The SMILES string of the molecule is CC1=C(C)N(c2cccc(Oc3cc4c(-c5cc(C(C)(C)C)ccn5)c5cc6ccsc6cc5cc4s3)c2)CN1C. The molecule has 0 saturated carbocycles. The first-order valence-corrected chi connectivity index (χ1v) is 15.6. The van der Waals surface area contributed by atoms with Crippen LogP contribution in [0.25, 0.3) is 42.2 Å². The topological polar surface area (TPSA) is 28.6 Å². The van der Waals surface area contributed by atoms with Gasteiger partial charge in [-0.1, -0.05) is 38.2 Å². The quantitative estimate of drug-likeness (QED) is 0.209. The van der Waals surface area contributed by atoms with Crippen molar-refractivity contribution in [3.05, 3.63) is 95.3 Å². The van der Waals surface area contributed by atoms with E-state index >= 15 is 0 Å². The highest BCUT2D eigenvalue weighted by Crippen LogP contribution is 2.45. The van der Waals surface area contributed by atoms with Crippen molar-refractivity contribution in [3.8, 4) is 22.1 Å². The molecule has 3 aromatic carbocycles. The molecule has 1 aliphatic heterocycles. The van der Waals surface area contributed by atoms with E-state index in [-0.39, 0.29) is 5.41 Å². The number of ether oxygens (including phenoxy) is 1. The fourth-order valence-corrected chi connectivity index (χ4v) is 7.50. The number of rotatable bonds is 4. The number of allylic oxidation sites excluding steroid dienone is 2. The molecule has 0 amide bonds. The summed E-state index contributed by atoms with van der Waals surface area (Å²) in [6.07, 6.45) is 1.95. The lowest BCUT2D eigenvalue weighted by molar-refractivity contribution is 0.459. The standard InChI is InChI=1S/C35H33N3OS2/c1-21-22(2)38(20-37(21)6)26-8-7-9-27(18-26)39-33-19-29-32(41-33)16-24-15-31-23(11-13-40-31)14-28(24)34(29)30-17-25(10-12-36-30)35(3,4)5/h7-19H,20H2,1-6H3. The minimum absolute atomic E-state index is 0.0339. The van der Waals surface area contributed by atoms with E-state index < -0.39 is 0 Å². The Kier molecular flexibility index (Phi) is 6.10. The highest BCUT2D eigenvalue weighted by atomic mass is 32.1. The number of nitrogens with zero attached hydrogens (tertiary/aromatic N) is 3. The minimum atomic E-state index is 0.0339. The minimum Gasteiger partial charge on any atom is -0.447 e. The maximum Gasteiger partial charge on any atom is 0.182 e. The first-order valence-electron chi connectivity index (χ1n) is 13.9. The van der Waals surface area contributed by atoms with Crippen LogP contribution in [0, 0.1) is 0 Å². The summed E-state index contributed by atoms with van der Waals surface area (Å²) in [5.74, 6) is 0.841. The predicted molar refractivity (Wildman–Crippen MR) is 177 cm³/mol. The molecule has 0 spiro atoms. The summed E-state index contributed by atoms with van der Waals surface area (Å²) < 4.78 is 9.06. The van der Waals surface area contributed by atoms with Crippen molar-refractivity contribution in [3.63, 3.8) is 0 Å². The Bertz CT molecular complexity index is 1990. The van der Waals surface area contributed by atoms with Crippen molar-refractivity contribution < 1.29 is 4.74 Å². The van der Waals surface area contributed by atoms with E-state index in [0.717, 1.165) is 28.9 Å². The van der Waals surface area contributed by atoms with Crippen LogP contribution in [0.3, 0.4) is 0 Å². The lowest BCUT2D eigenvalue weighted by Crippen LogP contribution is -2.24. The molecule has 0 N–H and O–H groups in total. The molecular formula is C35H33N3OS2. The van der Waals surface area contributed by atoms with E-state index in [1.54, 1.807) is 22.7 Å². The zero-order valence-corrected chi connectivity index (χ0v) is 25.9. The molecule has 41 heavy (non-hydrogen) atoms. The molecule has 0 atom stereocenters. The molecule has 0 bridgehead atoms. The summed E-state index contributed by atoms with van der Waals surface area (Å²) in [7, 11) is 2.13. The second-order valence-electron chi connectivity index (χ2n) is 12.0. The van der Waals surface area contributed by atoms with Gasteiger partial charge in [0.05, 0.1) is 12.4 Å². The molecule has 6 heteroatoms. The summed E-state index contributed by atoms with van der Waals surface area (Å²) in [5.41, 5.74) is 7.20. The number of pyridine rings is 1. The Morgan fingerprint density at radius 1 is 0.854 bits per heavy atom. The van der Waals surface area contributed by atoms with Gasteiger partial charge in [-0.15, -0.1) is 11.3 Å². The van der Waals surface area contributed by atoms with Gasteiger partial charge in [0, 0.05) is 62.8 Å². The second kappa shape index (κ2) is 9.61. The van der Waals surface area contributed by atoms with Gasteiger partial charge in [0.25, 0.3) is 0 Å². The molecule has 206 valence electrons. The number of fused-ring (bicyclic) bond motifs is 3. The molecule has 6 aromatic rings. The Balaban J connectivity index is 1.36. The van der Waals surface area contributed by atoms with Crippen LogP contribution in [-0.2, 0) is 5.41 Å². The van der Waals surface area contributed by atoms with Crippen LogP contribution in [0.5, 0.6) is 10.8 Å². The number of thiophene rings is 2. The Hall–Kier alpha value is -3.87. The number of hydrogen-bond acceptors (Lipinski definition) is 6. The smallest absolute Gasteiger partial charge is 0.182 e. The summed E-state index contributed by atoms with van der Waals surface area (Å²) in [6, 6.07) is 24.2. The second-order valence-corrected chi connectivity index (χ2v) is 14.0. The first-order chi connectivity index (χ1) is 19.7. The molecule has 0 fully saturated rings. The zero-order chi connectivity index (χ0) is 28.5. The van der Waals surface area contributed by atoms with E-state index in [0.29, 0.717) is 0 Å². The van der Waals surface area contributed by atoms with Crippen molar-refractivity contribution in [2.75, 3.05) is 18.6 Å². The third-order valence-electron chi connectivity index (χ3n) is 8.27. The van der Waals surface area contributed by atoms with Crippen LogP contribution in [0.15, 0.2) is 89.7 Å². The molecule has 4 heterocycles. The Morgan fingerprint density at radius 3 is 2.46 bits per heavy atom. The highest BCUT2D eigenvalue weighted by Gasteiger charge is 2.23. The van der Waals surface area contributed by atoms with Gasteiger partial charge in [0.1, 0.15) is 5.75 Å². The van der Waals surface area contributed by atoms with Gasteiger partial charge in [-0.2, -0.15) is 0 Å². The van der Waals surface area contributed by atoms with Crippen LogP contribution in [0.2, 0.25) is 0 Å². The molecule has 0 unspecified atom stereocenters. The van der Waals surface area contributed by atoms with Crippen molar-refractivity contribution in [1.29, 1.82) is 0 Å². The average Bonchev–Trinajstić information content (AvgIpc) is 3.64. The van der Waals surface area contributed by atoms with Gasteiger partial charge in [-0.25, -0.2) is 0 Å². The normalized spacial score (nSPS) is 14.3. The van der Waals surface area contributed by atoms with Crippen LogP contribution in [-0.4, -0.2) is 23.6 Å². The summed E-state index contributed by atoms with van der Waals surface area (Å²) >= 11 is 3.48. The molecule has 0 radical (unpaired) electrons. The van der Waals surface area contributed by atoms with Gasteiger partial charge in [-0.3, -0.25) is 4.98 Å². The fraction of sp³-hybridized carbons (Fsp3) is 0.229. The molecule has 0 saturated heterocycles. The van der Waals surface area contributed by atoms with E-state index in [4.69, 9.17) is 9.72 Å². The van der Waals surface area contributed by atoms with Gasteiger partial charge >= 0.3 is 0 Å². The summed E-state index contributed by atoms with van der Waals surface area (Å²) in [6.45, 7) is 12.0. The molecule has 1 aliphatic rings. The van der Waals surface area contributed by atoms with E-state index in [9.17, 15) is 0 Å². The summed E-state index contributed by atoms with van der Waals surface area (Å²) in [5, 5.41) is 7.95. The zero-order valence-electron chi connectivity index (χ0n) is 24.3. The lowest BCUT2D eigenvalue weighted by Gasteiger charge is -2.21. The van der Waals surface area contributed by atoms with Gasteiger partial charge in [-0.05, 0) is 94.9 Å². The third kappa shape index (κ3) is 4.55. The molecular weight excluding hydrogens is 543 g/mol. The van der Waals surface area contributed by atoms with Crippen molar-refractivity contribution >= 4 is 59.3 Å². The number of aromatic nitrogens is 1. The molecule has 7 rings (SSSR count). The van der Waals surface area contributed by atoms with Crippen molar-refractivity contribution in [2.24, 2.45) is 0 Å². The first kappa shape index (κ1) is 26.1. The Labute approximate surface area is 249 Å². The predicted octanol–water partition coefficient (Wildman–Crippen LogP) is 10.4. The monoisotopic (exact) mass is 575 g/mol. The number of hydrogen-bond donors (Lipinski definition) is 0. The van der Waals surface area contributed by atoms with Gasteiger partial charge < -0.3 is 14.5 Å². The maximum atomic E-state index is 6.55. The van der Waals surface area contributed by atoms with Crippen LogP contribution >= 0.6 is 22.7 Å². The van der Waals surface area contributed by atoms with E-state index in [1.807, 2.05) is 12.3 Å². The number of anilines is 1. The maximum absolute atomic E-state index is 6.55. The van der Waals surface area contributed by atoms with Gasteiger partial charge in [0.15, 0.2) is 5.06 Å². The molecule has 0 aliphatic carbocycles. The molecule has 4 nitrogen and oxygen atoms in total. The van der Waals surface area contributed by atoms with Crippen LogP contribution in [0.1, 0.15) is 40.2 Å².